The van der Waals surface area contributed by atoms with Crippen LogP contribution in [-0.2, 0) is 13.4 Å². The maximum Gasteiger partial charge on any atom is 0.704 e. The summed E-state index contributed by atoms with van der Waals surface area (Å²) in [4.78, 5) is 16.7. The van der Waals surface area contributed by atoms with Crippen LogP contribution >= 0.6 is 16.0 Å². The lowest BCUT2D eigenvalue weighted by Gasteiger charge is -2.09. The van der Waals surface area contributed by atoms with E-state index in [4.69, 9.17) is 9.79 Å². The largest absolute Gasteiger partial charge is 0.704 e. The molecule has 0 aromatic heterocycles. The Morgan fingerprint density at radius 3 is 2.00 bits per heavy atom. The smallest absolute Gasteiger partial charge is 0.310 e. The minimum atomic E-state index is -4.02. The highest BCUT2D eigenvalue weighted by atomic mass is 31.2. The predicted molar refractivity (Wildman–Crippen MR) is 41.2 cm³/mol. The fraction of sp³-hybridized carbons (Fsp3) is 1.00. The molecule has 0 aromatic rings. The van der Waals surface area contributed by atoms with E-state index in [2.05, 4.69) is 4.31 Å². The third-order valence-electron chi connectivity index (χ3n) is 0.682. The van der Waals surface area contributed by atoms with Gasteiger partial charge >= 0.3 is 16.0 Å². The van der Waals surface area contributed by atoms with Crippen molar-refractivity contribution < 1.29 is 23.2 Å². The van der Waals surface area contributed by atoms with Gasteiger partial charge in [-0.2, -0.15) is 0 Å². The van der Waals surface area contributed by atoms with Crippen LogP contribution in [0.1, 0.15) is 7.43 Å². The van der Waals surface area contributed by atoms with Crippen molar-refractivity contribution in [3.63, 3.8) is 0 Å². The molecule has 0 aliphatic carbocycles. The molecule has 0 radical (unpaired) electrons. The quantitative estimate of drug-likeness (QED) is 0.665. The van der Waals surface area contributed by atoms with Crippen molar-refractivity contribution in [2.75, 3.05) is 14.1 Å². The molecule has 0 amide bonds. The Morgan fingerprint density at radius 2 is 1.91 bits per heavy atom. The maximum atomic E-state index is 10.6. The molecule has 0 aliphatic rings. The molecule has 2 atom stereocenters. The molecular formula is C3H12NO5P2+. The van der Waals surface area contributed by atoms with Crippen molar-refractivity contribution in [1.29, 1.82) is 0 Å². The molecule has 6 nitrogen and oxygen atoms in total. The molecule has 8 heteroatoms. The summed E-state index contributed by atoms with van der Waals surface area (Å²) in [5, 5.41) is 0. The van der Waals surface area contributed by atoms with Gasteiger partial charge in [0.2, 0.25) is 0 Å². The molecule has 68 valence electrons. The first-order chi connectivity index (χ1) is 4.36. The highest BCUT2D eigenvalue weighted by Crippen LogP contribution is 2.50. The summed E-state index contributed by atoms with van der Waals surface area (Å²) in [5.74, 6) is 0. The second-order valence-corrected chi connectivity index (χ2v) is 4.57. The van der Waals surface area contributed by atoms with Gasteiger partial charge in [-0.25, -0.2) is 9.24 Å². The van der Waals surface area contributed by atoms with Crippen LogP contribution in [0.4, 0.5) is 0 Å². The minimum Gasteiger partial charge on any atom is -0.310 e. The summed E-state index contributed by atoms with van der Waals surface area (Å²) >= 11 is 0. The van der Waals surface area contributed by atoms with Crippen LogP contribution in [0, 0.1) is 0 Å². The molecular weight excluding hydrogens is 192 g/mol. The monoisotopic (exact) mass is 204 g/mol. The van der Waals surface area contributed by atoms with Gasteiger partial charge in [0.25, 0.3) is 0 Å². The molecule has 0 rings (SSSR count). The van der Waals surface area contributed by atoms with E-state index < -0.39 is 16.0 Å². The fourth-order valence-corrected chi connectivity index (χ4v) is 1.48. The Hall–Kier alpha value is 0.170. The molecule has 0 heterocycles. The minimum absolute atomic E-state index is 0. The van der Waals surface area contributed by atoms with Crippen molar-refractivity contribution in [2.45, 2.75) is 7.43 Å². The first-order valence-corrected chi connectivity index (χ1v) is 4.89. The van der Waals surface area contributed by atoms with E-state index in [-0.39, 0.29) is 7.43 Å². The zero-order valence-corrected chi connectivity index (χ0v) is 7.25. The highest BCUT2D eigenvalue weighted by molar-refractivity contribution is 7.57. The Morgan fingerprint density at radius 1 is 1.55 bits per heavy atom. The summed E-state index contributed by atoms with van der Waals surface area (Å²) in [6.45, 7) is 0. The topological polar surface area (TPSA) is 87.1 Å². The average Bonchev–Trinajstić information content (AvgIpc) is 1.60. The number of rotatable bonds is 3. The summed E-state index contributed by atoms with van der Waals surface area (Å²) in [7, 11) is -4.52. The number of hydrogen-bond acceptors (Lipinski definition) is 3. The third-order valence-corrected chi connectivity index (χ3v) is 3.10. The molecule has 0 aliphatic heterocycles. The van der Waals surface area contributed by atoms with Crippen LogP contribution < -0.4 is 0 Å². The van der Waals surface area contributed by atoms with Gasteiger partial charge in [-0.1, -0.05) is 7.43 Å². The Balaban J connectivity index is 0. The zero-order chi connectivity index (χ0) is 8.36. The molecule has 2 N–H and O–H groups in total. The summed E-state index contributed by atoms with van der Waals surface area (Å²) in [6.07, 6.45) is 0. The Bertz CT molecular complexity index is 181. The van der Waals surface area contributed by atoms with Crippen molar-refractivity contribution in [1.82, 2.24) is 4.67 Å². The second-order valence-electron chi connectivity index (χ2n) is 1.66. The highest BCUT2D eigenvalue weighted by Gasteiger charge is 2.35. The van der Waals surface area contributed by atoms with Gasteiger partial charge in [-0.3, -0.25) is 0 Å². The van der Waals surface area contributed by atoms with Crippen LogP contribution in [-0.4, -0.2) is 28.6 Å². The lowest BCUT2D eigenvalue weighted by molar-refractivity contribution is 0.303. The zero-order valence-electron chi connectivity index (χ0n) is 5.46. The van der Waals surface area contributed by atoms with Gasteiger partial charge in [0.1, 0.15) is 0 Å². The normalized spacial score (nSPS) is 17.0. The van der Waals surface area contributed by atoms with E-state index in [0.29, 0.717) is 0 Å². The second kappa shape index (κ2) is 4.93. The molecule has 0 spiro atoms. The van der Waals surface area contributed by atoms with Gasteiger partial charge in [0.15, 0.2) is 0 Å². The molecule has 0 bridgehead atoms. The fourth-order valence-electron chi connectivity index (χ4n) is 0.164. The Labute approximate surface area is 66.3 Å². The lowest BCUT2D eigenvalue weighted by Crippen LogP contribution is -2.07. The number of hydrogen-bond donors (Lipinski definition) is 2. The van der Waals surface area contributed by atoms with Crippen molar-refractivity contribution >= 4 is 16.0 Å². The van der Waals surface area contributed by atoms with Crippen LogP contribution in [0.25, 0.3) is 0 Å². The van der Waals surface area contributed by atoms with Crippen LogP contribution in [0.3, 0.4) is 0 Å². The van der Waals surface area contributed by atoms with Crippen LogP contribution in [0.5, 0.6) is 0 Å². The lowest BCUT2D eigenvalue weighted by atomic mass is 11.3. The molecule has 0 saturated carbocycles. The van der Waals surface area contributed by atoms with Crippen LogP contribution in [0.2, 0.25) is 0 Å². The van der Waals surface area contributed by atoms with Crippen LogP contribution in [0.15, 0.2) is 0 Å². The standard InChI is InChI=1S/C2H7NO5P2.CH4/c1-3(2)10(6,7)8-9(4)5;/h1-2H3,(H-,4,5,6,7);1H4/p+1. The molecule has 0 saturated heterocycles. The summed E-state index contributed by atoms with van der Waals surface area (Å²) in [6, 6.07) is 0. The van der Waals surface area contributed by atoms with E-state index in [1.807, 2.05) is 0 Å². The van der Waals surface area contributed by atoms with Gasteiger partial charge in [0, 0.05) is 4.57 Å². The van der Waals surface area contributed by atoms with E-state index in [1.54, 1.807) is 0 Å². The van der Waals surface area contributed by atoms with E-state index >= 15 is 0 Å². The first kappa shape index (κ1) is 13.7. The molecule has 0 aromatic carbocycles. The summed E-state index contributed by atoms with van der Waals surface area (Å²) in [5.41, 5.74) is 0. The van der Waals surface area contributed by atoms with Crippen molar-refractivity contribution in [3.8, 4) is 0 Å². The van der Waals surface area contributed by atoms with Crippen molar-refractivity contribution in [3.05, 3.63) is 0 Å². The van der Waals surface area contributed by atoms with Gasteiger partial charge in [0.05, 0.1) is 0 Å². The maximum absolute atomic E-state index is 10.6. The molecule has 0 fully saturated rings. The summed E-state index contributed by atoms with van der Waals surface area (Å²) < 4.78 is 25.2. The first-order valence-electron chi connectivity index (χ1n) is 2.22. The third kappa shape index (κ3) is 5.44. The van der Waals surface area contributed by atoms with E-state index in [9.17, 15) is 9.13 Å². The average molecular weight is 204 g/mol. The SMILES string of the molecule is C.CN(C)P(=O)(O)O[P+](=O)O. The number of nitrogens with zero attached hydrogens (tertiary/aromatic N) is 1. The van der Waals surface area contributed by atoms with E-state index in [0.717, 1.165) is 4.67 Å². The molecule has 11 heavy (non-hydrogen) atoms. The van der Waals surface area contributed by atoms with Crippen molar-refractivity contribution in [2.24, 2.45) is 0 Å². The van der Waals surface area contributed by atoms with Gasteiger partial charge in [-0.15, -0.1) is 4.89 Å². The van der Waals surface area contributed by atoms with E-state index in [1.165, 1.54) is 14.1 Å². The Kier molecular flexibility index (Phi) is 6.16. The van der Waals surface area contributed by atoms with Gasteiger partial charge < -0.3 is 4.89 Å². The van der Waals surface area contributed by atoms with Gasteiger partial charge in [-0.05, 0) is 18.4 Å². The predicted octanol–water partition coefficient (Wildman–Crippen LogP) is 0.951. The molecule has 2 unspecified atom stereocenters.